The van der Waals surface area contributed by atoms with Crippen LogP contribution in [-0.4, -0.2) is 28.1 Å². The predicted molar refractivity (Wildman–Crippen MR) is 105 cm³/mol. The van der Waals surface area contributed by atoms with Crippen molar-refractivity contribution in [2.24, 2.45) is 11.8 Å². The van der Waals surface area contributed by atoms with Gasteiger partial charge in [0, 0.05) is 18.9 Å². The van der Waals surface area contributed by atoms with E-state index in [4.69, 9.17) is 0 Å². The summed E-state index contributed by atoms with van der Waals surface area (Å²) in [5.41, 5.74) is 1.81. The van der Waals surface area contributed by atoms with E-state index in [0.29, 0.717) is 11.8 Å². The first-order chi connectivity index (χ1) is 12.8. The third-order valence-electron chi connectivity index (χ3n) is 6.58. The molecule has 1 aliphatic carbocycles. The van der Waals surface area contributed by atoms with Crippen LogP contribution in [0.15, 0.2) is 54.9 Å². The SMILES string of the molecule is OC(c1ccccc1)(C1CCCC1)C1CCN(Cc2ccncc2)CC1. The van der Waals surface area contributed by atoms with Crippen molar-refractivity contribution >= 4 is 0 Å². The molecular formula is C23H30N2O. The zero-order valence-corrected chi connectivity index (χ0v) is 15.6. The molecule has 138 valence electrons. The quantitative estimate of drug-likeness (QED) is 0.870. The minimum Gasteiger partial charge on any atom is -0.385 e. The van der Waals surface area contributed by atoms with Crippen LogP contribution in [0.25, 0.3) is 0 Å². The van der Waals surface area contributed by atoms with Gasteiger partial charge in [-0.15, -0.1) is 0 Å². The first-order valence-corrected chi connectivity index (χ1v) is 10.2. The molecule has 0 amide bonds. The molecule has 1 saturated carbocycles. The highest BCUT2D eigenvalue weighted by molar-refractivity contribution is 5.25. The molecule has 2 heterocycles. The molecule has 1 aliphatic heterocycles. The summed E-state index contributed by atoms with van der Waals surface area (Å²) in [5, 5.41) is 12.0. The normalized spacial score (nSPS) is 22.3. The van der Waals surface area contributed by atoms with E-state index in [9.17, 15) is 5.11 Å². The Morgan fingerprint density at radius 1 is 0.885 bits per heavy atom. The van der Waals surface area contributed by atoms with Crippen LogP contribution < -0.4 is 0 Å². The van der Waals surface area contributed by atoms with E-state index in [1.54, 1.807) is 0 Å². The lowest BCUT2D eigenvalue weighted by Gasteiger charge is -2.45. The maximum absolute atomic E-state index is 12.0. The zero-order valence-electron chi connectivity index (χ0n) is 15.6. The van der Waals surface area contributed by atoms with E-state index in [-0.39, 0.29) is 0 Å². The highest BCUT2D eigenvalue weighted by Gasteiger charge is 2.46. The molecule has 2 fully saturated rings. The van der Waals surface area contributed by atoms with Crippen LogP contribution in [0, 0.1) is 11.8 Å². The van der Waals surface area contributed by atoms with Crippen LogP contribution in [0.2, 0.25) is 0 Å². The molecule has 1 aromatic heterocycles. The van der Waals surface area contributed by atoms with Crippen molar-refractivity contribution in [3.63, 3.8) is 0 Å². The molecule has 0 radical (unpaired) electrons. The lowest BCUT2D eigenvalue weighted by molar-refractivity contribution is -0.0938. The van der Waals surface area contributed by atoms with Gasteiger partial charge in [-0.05, 0) is 73.9 Å². The molecular weight excluding hydrogens is 320 g/mol. The summed E-state index contributed by atoms with van der Waals surface area (Å²) in [4.78, 5) is 6.63. The van der Waals surface area contributed by atoms with Crippen molar-refractivity contribution in [2.45, 2.75) is 50.7 Å². The van der Waals surface area contributed by atoms with E-state index in [1.165, 1.54) is 31.2 Å². The van der Waals surface area contributed by atoms with Crippen molar-refractivity contribution in [1.29, 1.82) is 0 Å². The molecule has 0 bridgehead atoms. The Kier molecular flexibility index (Phi) is 5.37. The Hall–Kier alpha value is -1.71. The maximum Gasteiger partial charge on any atom is 0.0953 e. The van der Waals surface area contributed by atoms with Gasteiger partial charge in [0.05, 0.1) is 5.60 Å². The number of hydrogen-bond acceptors (Lipinski definition) is 3. The Labute approximate surface area is 157 Å². The van der Waals surface area contributed by atoms with Crippen molar-refractivity contribution < 1.29 is 5.11 Å². The summed E-state index contributed by atoms with van der Waals surface area (Å²) in [6.45, 7) is 3.12. The van der Waals surface area contributed by atoms with Gasteiger partial charge in [-0.25, -0.2) is 0 Å². The highest BCUT2D eigenvalue weighted by atomic mass is 16.3. The third kappa shape index (κ3) is 3.56. The molecule has 1 atom stereocenters. The summed E-state index contributed by atoms with van der Waals surface area (Å²) in [6, 6.07) is 14.7. The Balaban J connectivity index is 1.48. The van der Waals surface area contributed by atoms with Gasteiger partial charge < -0.3 is 5.11 Å². The number of benzene rings is 1. The minimum absolute atomic E-state index is 0.363. The Morgan fingerprint density at radius 2 is 1.50 bits per heavy atom. The van der Waals surface area contributed by atoms with Gasteiger partial charge in [-0.3, -0.25) is 9.88 Å². The maximum atomic E-state index is 12.0. The van der Waals surface area contributed by atoms with Crippen molar-refractivity contribution in [1.82, 2.24) is 9.88 Å². The van der Waals surface area contributed by atoms with E-state index in [0.717, 1.165) is 38.0 Å². The van der Waals surface area contributed by atoms with E-state index in [2.05, 4.69) is 52.3 Å². The number of hydrogen-bond donors (Lipinski definition) is 1. The number of likely N-dealkylation sites (tertiary alicyclic amines) is 1. The topological polar surface area (TPSA) is 36.4 Å². The molecule has 3 heteroatoms. The average molecular weight is 351 g/mol. The van der Waals surface area contributed by atoms with Crippen molar-refractivity contribution in [2.75, 3.05) is 13.1 Å². The highest BCUT2D eigenvalue weighted by Crippen LogP contribution is 2.48. The average Bonchev–Trinajstić information content (AvgIpc) is 3.25. The number of piperidine rings is 1. The fourth-order valence-electron chi connectivity index (χ4n) is 5.15. The predicted octanol–water partition coefficient (Wildman–Crippen LogP) is 4.37. The molecule has 0 spiro atoms. The Bertz CT molecular complexity index is 676. The first-order valence-electron chi connectivity index (χ1n) is 10.2. The number of rotatable bonds is 5. The van der Waals surface area contributed by atoms with Crippen molar-refractivity contribution in [3.8, 4) is 0 Å². The summed E-state index contributed by atoms with van der Waals surface area (Å²) < 4.78 is 0. The summed E-state index contributed by atoms with van der Waals surface area (Å²) in [7, 11) is 0. The lowest BCUT2D eigenvalue weighted by atomic mass is 9.68. The van der Waals surface area contributed by atoms with Crippen LogP contribution in [0.5, 0.6) is 0 Å². The van der Waals surface area contributed by atoms with E-state index in [1.807, 2.05) is 12.4 Å². The molecule has 4 rings (SSSR count). The van der Waals surface area contributed by atoms with Crippen LogP contribution in [0.3, 0.4) is 0 Å². The largest absolute Gasteiger partial charge is 0.385 e. The lowest BCUT2D eigenvalue weighted by Crippen LogP contribution is -2.47. The molecule has 2 aliphatic rings. The number of nitrogens with zero attached hydrogens (tertiary/aromatic N) is 2. The number of aromatic nitrogens is 1. The molecule has 3 nitrogen and oxygen atoms in total. The molecule has 1 saturated heterocycles. The molecule has 1 N–H and O–H groups in total. The van der Waals surface area contributed by atoms with Crippen LogP contribution in [0.4, 0.5) is 0 Å². The number of pyridine rings is 1. The van der Waals surface area contributed by atoms with Gasteiger partial charge in [-0.2, -0.15) is 0 Å². The molecule has 1 aromatic carbocycles. The second kappa shape index (κ2) is 7.89. The molecule has 1 unspecified atom stereocenters. The second-order valence-electron chi connectivity index (χ2n) is 8.08. The number of aliphatic hydroxyl groups is 1. The van der Waals surface area contributed by atoms with Crippen LogP contribution in [0.1, 0.15) is 49.7 Å². The van der Waals surface area contributed by atoms with Gasteiger partial charge in [0.1, 0.15) is 0 Å². The second-order valence-corrected chi connectivity index (χ2v) is 8.08. The van der Waals surface area contributed by atoms with Crippen molar-refractivity contribution in [3.05, 3.63) is 66.0 Å². The standard InChI is InChI=1S/C23H30N2O/c26-23(21-8-4-5-9-21,20-6-2-1-3-7-20)22-12-16-25(17-13-22)18-19-10-14-24-15-11-19/h1-3,6-7,10-11,14-15,21-22,26H,4-5,8-9,12-13,16-18H2. The van der Waals surface area contributed by atoms with Gasteiger partial charge in [0.2, 0.25) is 0 Å². The third-order valence-corrected chi connectivity index (χ3v) is 6.58. The smallest absolute Gasteiger partial charge is 0.0953 e. The first kappa shape index (κ1) is 17.7. The molecule has 2 aromatic rings. The summed E-state index contributed by atoms with van der Waals surface area (Å²) >= 11 is 0. The van der Waals surface area contributed by atoms with E-state index >= 15 is 0 Å². The Morgan fingerprint density at radius 3 is 2.15 bits per heavy atom. The molecule has 26 heavy (non-hydrogen) atoms. The van der Waals surface area contributed by atoms with Crippen LogP contribution >= 0.6 is 0 Å². The van der Waals surface area contributed by atoms with Crippen LogP contribution in [-0.2, 0) is 12.1 Å². The monoisotopic (exact) mass is 350 g/mol. The minimum atomic E-state index is -0.652. The van der Waals surface area contributed by atoms with Gasteiger partial charge >= 0.3 is 0 Å². The van der Waals surface area contributed by atoms with Gasteiger partial charge in [0.25, 0.3) is 0 Å². The summed E-state index contributed by atoms with van der Waals surface area (Å²) in [5.74, 6) is 0.781. The summed E-state index contributed by atoms with van der Waals surface area (Å²) in [6.07, 6.45) is 10.8. The fraction of sp³-hybridized carbons (Fsp3) is 0.522. The van der Waals surface area contributed by atoms with Gasteiger partial charge in [-0.1, -0.05) is 43.2 Å². The fourth-order valence-corrected chi connectivity index (χ4v) is 5.15. The zero-order chi connectivity index (χ0) is 17.8. The van der Waals surface area contributed by atoms with E-state index < -0.39 is 5.60 Å². The van der Waals surface area contributed by atoms with Gasteiger partial charge in [0.15, 0.2) is 0 Å².